The molecule has 1 aromatic rings. The van der Waals surface area contributed by atoms with Crippen molar-refractivity contribution in [2.24, 2.45) is 0 Å². The molecule has 0 aliphatic rings. The van der Waals surface area contributed by atoms with E-state index in [0.717, 1.165) is 22.5 Å². The first-order valence-electron chi connectivity index (χ1n) is 4.47. The van der Waals surface area contributed by atoms with E-state index in [4.69, 9.17) is 5.11 Å². The Morgan fingerprint density at radius 2 is 2.00 bits per heavy atom. The van der Waals surface area contributed by atoms with Gasteiger partial charge in [-0.1, -0.05) is 0 Å². The van der Waals surface area contributed by atoms with E-state index in [9.17, 15) is 17.6 Å². The second-order valence-electron chi connectivity index (χ2n) is 3.38. The summed E-state index contributed by atoms with van der Waals surface area (Å²) in [6.45, 7) is 0. The fourth-order valence-electron chi connectivity index (χ4n) is 1.02. The van der Waals surface area contributed by atoms with Crippen LogP contribution >= 0.6 is 0 Å². The lowest BCUT2D eigenvalue weighted by molar-refractivity contribution is 0.0698. The molecule has 0 atom stereocenters. The van der Waals surface area contributed by atoms with Gasteiger partial charge >= 0.3 is 16.2 Å². The van der Waals surface area contributed by atoms with Crippen molar-refractivity contribution in [3.63, 3.8) is 0 Å². The second-order valence-corrected chi connectivity index (χ2v) is 5.27. The van der Waals surface area contributed by atoms with Crippen LogP contribution in [0, 0.1) is 5.82 Å². The van der Waals surface area contributed by atoms with Crippen LogP contribution in [-0.4, -0.2) is 37.9 Å². The summed E-state index contributed by atoms with van der Waals surface area (Å²) in [4.78, 5) is 10.8. The van der Waals surface area contributed by atoms with Gasteiger partial charge in [0.15, 0.2) is 0 Å². The number of benzene rings is 1. The molecule has 0 unspecified atom stereocenters. The number of nitrogens with zero attached hydrogens (tertiary/aromatic N) is 1. The summed E-state index contributed by atoms with van der Waals surface area (Å²) >= 11 is 0. The molecule has 0 aliphatic carbocycles. The summed E-state index contributed by atoms with van der Waals surface area (Å²) in [6, 6.07) is 2.74. The van der Waals surface area contributed by atoms with E-state index in [2.05, 4.69) is 0 Å². The maximum absolute atomic E-state index is 12.9. The molecule has 0 bridgehead atoms. The highest BCUT2D eigenvalue weighted by molar-refractivity contribution is 7.90. The Morgan fingerprint density at radius 1 is 1.41 bits per heavy atom. The number of carbonyl (C=O) groups is 1. The van der Waals surface area contributed by atoms with Crippen LogP contribution in [0.1, 0.15) is 10.4 Å². The lowest BCUT2D eigenvalue weighted by atomic mass is 10.2. The van der Waals surface area contributed by atoms with Crippen LogP contribution in [0.15, 0.2) is 18.2 Å². The van der Waals surface area contributed by atoms with Gasteiger partial charge in [0.1, 0.15) is 5.82 Å². The fourth-order valence-corrected chi connectivity index (χ4v) is 1.65. The highest BCUT2D eigenvalue weighted by Crippen LogP contribution is 2.19. The zero-order valence-corrected chi connectivity index (χ0v) is 9.95. The SMILES string of the molecule is CN(C)S(=O)(=O)Nc1cc(F)ccc1C(=O)O. The lowest BCUT2D eigenvalue weighted by Crippen LogP contribution is -2.29. The molecule has 94 valence electrons. The number of hydrogen-bond donors (Lipinski definition) is 2. The molecule has 0 spiro atoms. The normalized spacial score (nSPS) is 11.5. The summed E-state index contributed by atoms with van der Waals surface area (Å²) in [5.74, 6) is -2.08. The van der Waals surface area contributed by atoms with Crippen molar-refractivity contribution in [3.05, 3.63) is 29.6 Å². The van der Waals surface area contributed by atoms with E-state index in [1.54, 1.807) is 0 Å². The van der Waals surface area contributed by atoms with Gasteiger partial charge in [0.25, 0.3) is 0 Å². The minimum Gasteiger partial charge on any atom is -0.478 e. The number of aromatic carboxylic acids is 1. The van der Waals surface area contributed by atoms with Crippen LogP contribution in [0.4, 0.5) is 10.1 Å². The molecule has 2 N–H and O–H groups in total. The highest BCUT2D eigenvalue weighted by atomic mass is 32.2. The maximum Gasteiger partial charge on any atom is 0.337 e. The van der Waals surface area contributed by atoms with Crippen LogP contribution in [0.2, 0.25) is 0 Å². The van der Waals surface area contributed by atoms with Crippen molar-refractivity contribution in [3.8, 4) is 0 Å². The van der Waals surface area contributed by atoms with Crippen molar-refractivity contribution >= 4 is 21.9 Å². The van der Waals surface area contributed by atoms with Crippen molar-refractivity contribution in [1.29, 1.82) is 0 Å². The minimum atomic E-state index is -3.87. The van der Waals surface area contributed by atoms with Gasteiger partial charge in [-0.05, 0) is 18.2 Å². The first-order chi connectivity index (χ1) is 7.74. The van der Waals surface area contributed by atoms with Gasteiger partial charge in [-0.3, -0.25) is 4.72 Å². The topological polar surface area (TPSA) is 86.7 Å². The van der Waals surface area contributed by atoms with Gasteiger partial charge in [-0.2, -0.15) is 12.7 Å². The number of rotatable bonds is 4. The van der Waals surface area contributed by atoms with E-state index in [1.807, 2.05) is 4.72 Å². The van der Waals surface area contributed by atoms with Crippen LogP contribution in [0.3, 0.4) is 0 Å². The Kier molecular flexibility index (Phi) is 3.69. The number of nitrogens with one attached hydrogen (secondary N) is 1. The monoisotopic (exact) mass is 262 g/mol. The zero-order chi connectivity index (χ0) is 13.2. The summed E-state index contributed by atoms with van der Waals surface area (Å²) < 4.78 is 38.8. The Labute approximate surface area is 97.9 Å². The molecular formula is C9H11FN2O4S. The summed E-state index contributed by atoms with van der Waals surface area (Å²) in [7, 11) is -1.34. The van der Waals surface area contributed by atoms with Gasteiger partial charge < -0.3 is 5.11 Å². The molecular weight excluding hydrogens is 251 g/mol. The second kappa shape index (κ2) is 4.68. The van der Waals surface area contributed by atoms with Crippen LogP contribution in [-0.2, 0) is 10.2 Å². The number of anilines is 1. The molecule has 0 amide bonds. The molecule has 0 heterocycles. The molecule has 6 nitrogen and oxygen atoms in total. The maximum atomic E-state index is 12.9. The molecule has 17 heavy (non-hydrogen) atoms. The average molecular weight is 262 g/mol. The quantitative estimate of drug-likeness (QED) is 0.838. The summed E-state index contributed by atoms with van der Waals surface area (Å²) in [6.07, 6.45) is 0. The summed E-state index contributed by atoms with van der Waals surface area (Å²) in [5.41, 5.74) is -0.636. The average Bonchev–Trinajstić information content (AvgIpc) is 2.15. The van der Waals surface area contributed by atoms with E-state index in [0.29, 0.717) is 0 Å². The standard InChI is InChI=1S/C9H11FN2O4S/c1-12(2)17(15,16)11-8-5-6(10)3-4-7(8)9(13)14/h3-5,11H,1-2H3,(H,13,14). The zero-order valence-electron chi connectivity index (χ0n) is 9.14. The third kappa shape index (κ3) is 3.14. The molecule has 1 aromatic carbocycles. The van der Waals surface area contributed by atoms with Gasteiger partial charge in [0, 0.05) is 14.1 Å². The van der Waals surface area contributed by atoms with Crippen LogP contribution in [0.25, 0.3) is 0 Å². The molecule has 0 radical (unpaired) electrons. The van der Waals surface area contributed by atoms with Gasteiger partial charge in [0.05, 0.1) is 11.3 Å². The Morgan fingerprint density at radius 3 is 2.47 bits per heavy atom. The first-order valence-corrected chi connectivity index (χ1v) is 5.91. The first kappa shape index (κ1) is 13.4. The van der Waals surface area contributed by atoms with Crippen LogP contribution < -0.4 is 4.72 Å². The molecule has 0 aliphatic heterocycles. The predicted molar refractivity (Wildman–Crippen MR) is 59.6 cm³/mol. The van der Waals surface area contributed by atoms with Crippen molar-refractivity contribution < 1.29 is 22.7 Å². The number of hydrogen-bond acceptors (Lipinski definition) is 3. The third-order valence-electron chi connectivity index (χ3n) is 1.93. The molecule has 0 aromatic heterocycles. The van der Waals surface area contributed by atoms with E-state index < -0.39 is 22.0 Å². The molecule has 0 fully saturated rings. The fraction of sp³-hybridized carbons (Fsp3) is 0.222. The number of halogens is 1. The molecule has 8 heteroatoms. The molecule has 0 saturated carbocycles. The van der Waals surface area contributed by atoms with Gasteiger partial charge in [-0.25, -0.2) is 9.18 Å². The summed E-state index contributed by atoms with van der Waals surface area (Å²) in [5, 5.41) is 8.82. The largest absolute Gasteiger partial charge is 0.478 e. The highest BCUT2D eigenvalue weighted by Gasteiger charge is 2.18. The smallest absolute Gasteiger partial charge is 0.337 e. The Bertz CT molecular complexity index is 542. The Hall–Kier alpha value is -1.67. The van der Waals surface area contributed by atoms with Crippen molar-refractivity contribution in [2.75, 3.05) is 18.8 Å². The van der Waals surface area contributed by atoms with Crippen molar-refractivity contribution in [2.45, 2.75) is 0 Å². The van der Waals surface area contributed by atoms with E-state index in [-0.39, 0.29) is 11.3 Å². The minimum absolute atomic E-state index is 0.314. The number of carboxylic acid groups (broad SMARTS) is 1. The molecule has 0 saturated heterocycles. The lowest BCUT2D eigenvalue weighted by Gasteiger charge is -2.14. The number of carboxylic acids is 1. The third-order valence-corrected chi connectivity index (χ3v) is 3.37. The van der Waals surface area contributed by atoms with Crippen molar-refractivity contribution in [1.82, 2.24) is 4.31 Å². The van der Waals surface area contributed by atoms with Crippen LogP contribution in [0.5, 0.6) is 0 Å². The van der Waals surface area contributed by atoms with Gasteiger partial charge in [-0.15, -0.1) is 0 Å². The van der Waals surface area contributed by atoms with E-state index >= 15 is 0 Å². The predicted octanol–water partition coefficient (Wildman–Crippen LogP) is 0.742. The van der Waals surface area contributed by atoms with Gasteiger partial charge in [0.2, 0.25) is 0 Å². The van der Waals surface area contributed by atoms with E-state index in [1.165, 1.54) is 14.1 Å². The molecule has 1 rings (SSSR count). The Balaban J connectivity index is 3.22.